The van der Waals surface area contributed by atoms with Gasteiger partial charge in [-0.2, -0.15) is 13.2 Å². The van der Waals surface area contributed by atoms with Crippen molar-refractivity contribution in [3.8, 4) is 0 Å². The van der Waals surface area contributed by atoms with E-state index in [0.29, 0.717) is 12.0 Å². The molecular weight excluding hydrogens is 221 g/mol. The van der Waals surface area contributed by atoms with Crippen molar-refractivity contribution in [3.63, 3.8) is 0 Å². The summed E-state index contributed by atoms with van der Waals surface area (Å²) in [6.07, 6.45) is -2.66. The third-order valence-corrected chi connectivity index (χ3v) is 2.66. The van der Waals surface area contributed by atoms with Crippen LogP contribution in [0.25, 0.3) is 0 Å². The van der Waals surface area contributed by atoms with E-state index in [1.54, 1.807) is 0 Å². The minimum atomic E-state index is -4.43. The molecule has 0 saturated heterocycles. The Morgan fingerprint density at radius 3 is 2.50 bits per heavy atom. The molecule has 1 amide bonds. The molecule has 1 aliphatic carbocycles. The lowest BCUT2D eigenvalue weighted by atomic mass is 10.1. The Hall–Kier alpha value is -1.59. The molecule has 1 aromatic rings. The van der Waals surface area contributed by atoms with E-state index < -0.39 is 17.8 Å². The average Bonchev–Trinajstić information content (AvgIpc) is 2.96. The van der Waals surface area contributed by atoms with Crippen LogP contribution in [0.3, 0.4) is 0 Å². The SMILES string of the molecule is NC(=O)C1CC1c1ccc(C(F)(F)F)nc1. The molecule has 6 heteroatoms. The highest BCUT2D eigenvalue weighted by Gasteiger charge is 2.43. The van der Waals surface area contributed by atoms with Crippen LogP contribution in [-0.2, 0) is 11.0 Å². The number of aromatic nitrogens is 1. The van der Waals surface area contributed by atoms with Crippen LogP contribution < -0.4 is 5.73 Å². The maximum Gasteiger partial charge on any atom is 0.433 e. The molecule has 0 aromatic carbocycles. The number of pyridine rings is 1. The van der Waals surface area contributed by atoms with Crippen molar-refractivity contribution in [1.29, 1.82) is 0 Å². The normalized spacial score (nSPS) is 24.2. The molecule has 2 rings (SSSR count). The molecule has 1 aromatic heterocycles. The van der Waals surface area contributed by atoms with Gasteiger partial charge in [-0.05, 0) is 24.0 Å². The van der Waals surface area contributed by atoms with Crippen LogP contribution in [0.2, 0.25) is 0 Å². The molecule has 3 nitrogen and oxygen atoms in total. The molecule has 0 spiro atoms. The van der Waals surface area contributed by atoms with Crippen LogP contribution in [0, 0.1) is 5.92 Å². The second-order valence-electron chi connectivity index (χ2n) is 3.83. The molecule has 0 aliphatic heterocycles. The zero-order chi connectivity index (χ0) is 11.9. The van der Waals surface area contributed by atoms with Gasteiger partial charge in [0, 0.05) is 12.1 Å². The molecule has 86 valence electrons. The van der Waals surface area contributed by atoms with Gasteiger partial charge in [0.05, 0.1) is 0 Å². The molecule has 0 bridgehead atoms. The third-order valence-electron chi connectivity index (χ3n) is 2.66. The topological polar surface area (TPSA) is 56.0 Å². The largest absolute Gasteiger partial charge is 0.433 e. The van der Waals surface area contributed by atoms with Crippen molar-refractivity contribution in [2.75, 3.05) is 0 Å². The maximum absolute atomic E-state index is 12.2. The quantitative estimate of drug-likeness (QED) is 0.840. The van der Waals surface area contributed by atoms with E-state index in [0.717, 1.165) is 12.3 Å². The van der Waals surface area contributed by atoms with Crippen LogP contribution in [0.4, 0.5) is 13.2 Å². The van der Waals surface area contributed by atoms with Crippen molar-refractivity contribution < 1.29 is 18.0 Å². The van der Waals surface area contributed by atoms with Crippen molar-refractivity contribution in [2.45, 2.75) is 18.5 Å². The highest BCUT2D eigenvalue weighted by Crippen LogP contribution is 2.47. The summed E-state index contributed by atoms with van der Waals surface area (Å²) >= 11 is 0. The average molecular weight is 230 g/mol. The van der Waals surface area contributed by atoms with Gasteiger partial charge in [-0.15, -0.1) is 0 Å². The number of nitrogens with two attached hydrogens (primary N) is 1. The van der Waals surface area contributed by atoms with Gasteiger partial charge in [0.2, 0.25) is 5.91 Å². The van der Waals surface area contributed by atoms with E-state index in [9.17, 15) is 18.0 Å². The van der Waals surface area contributed by atoms with Crippen LogP contribution in [0.15, 0.2) is 18.3 Å². The molecule has 2 unspecified atom stereocenters. The molecule has 1 saturated carbocycles. The van der Waals surface area contributed by atoms with Crippen molar-refractivity contribution in [1.82, 2.24) is 4.98 Å². The summed E-state index contributed by atoms with van der Waals surface area (Å²) in [5.41, 5.74) is 4.80. The first-order chi connectivity index (χ1) is 7.39. The van der Waals surface area contributed by atoms with Crippen LogP contribution >= 0.6 is 0 Å². The number of carbonyl (C=O) groups excluding carboxylic acids is 1. The van der Waals surface area contributed by atoms with Gasteiger partial charge in [0.25, 0.3) is 0 Å². The second kappa shape index (κ2) is 3.47. The van der Waals surface area contributed by atoms with E-state index in [1.165, 1.54) is 6.07 Å². The second-order valence-corrected chi connectivity index (χ2v) is 3.83. The zero-order valence-electron chi connectivity index (χ0n) is 8.16. The number of nitrogens with zero attached hydrogens (tertiary/aromatic N) is 1. The highest BCUT2D eigenvalue weighted by molar-refractivity contribution is 5.81. The van der Waals surface area contributed by atoms with Gasteiger partial charge in [-0.25, -0.2) is 0 Å². The monoisotopic (exact) mass is 230 g/mol. The summed E-state index contributed by atoms with van der Waals surface area (Å²) in [5, 5.41) is 0. The molecule has 1 fully saturated rings. The molecule has 2 atom stereocenters. The molecule has 2 N–H and O–H groups in total. The highest BCUT2D eigenvalue weighted by atomic mass is 19.4. The fraction of sp³-hybridized carbons (Fsp3) is 0.400. The number of alkyl halides is 3. The summed E-state index contributed by atoms with van der Waals surface area (Å²) in [5.74, 6) is -0.726. The van der Waals surface area contributed by atoms with E-state index in [1.807, 2.05) is 0 Å². The van der Waals surface area contributed by atoms with Crippen LogP contribution in [0.1, 0.15) is 23.6 Å². The van der Waals surface area contributed by atoms with E-state index in [2.05, 4.69) is 4.98 Å². The standard InChI is InChI=1S/C10H9F3N2O/c11-10(12,13)8-2-1-5(4-15-8)6-3-7(6)9(14)16/h1-2,4,6-7H,3H2,(H2,14,16). The number of halogens is 3. The predicted octanol–water partition coefficient (Wildman–Crippen LogP) is 1.69. The molecule has 0 radical (unpaired) electrons. The summed E-state index contributed by atoms with van der Waals surface area (Å²) in [6, 6.07) is 2.27. The lowest BCUT2D eigenvalue weighted by Gasteiger charge is -2.05. The van der Waals surface area contributed by atoms with Gasteiger partial charge >= 0.3 is 6.18 Å². The lowest BCUT2D eigenvalue weighted by molar-refractivity contribution is -0.141. The Labute approximate surface area is 89.5 Å². The number of hydrogen-bond acceptors (Lipinski definition) is 2. The summed E-state index contributed by atoms with van der Waals surface area (Å²) in [6.45, 7) is 0. The Balaban J connectivity index is 2.13. The van der Waals surface area contributed by atoms with Gasteiger partial charge < -0.3 is 5.73 Å². The fourth-order valence-electron chi connectivity index (χ4n) is 1.67. The summed E-state index contributed by atoms with van der Waals surface area (Å²) in [4.78, 5) is 14.1. The smallest absolute Gasteiger partial charge is 0.369 e. The Kier molecular flexibility index (Phi) is 2.36. The maximum atomic E-state index is 12.2. The van der Waals surface area contributed by atoms with Crippen LogP contribution in [-0.4, -0.2) is 10.9 Å². The Morgan fingerprint density at radius 1 is 1.44 bits per heavy atom. The first kappa shape index (κ1) is 10.9. The Morgan fingerprint density at radius 2 is 2.12 bits per heavy atom. The predicted molar refractivity (Wildman–Crippen MR) is 49.3 cm³/mol. The first-order valence-corrected chi connectivity index (χ1v) is 4.72. The number of rotatable bonds is 2. The zero-order valence-corrected chi connectivity index (χ0v) is 8.16. The molecular formula is C10H9F3N2O. The van der Waals surface area contributed by atoms with Crippen molar-refractivity contribution >= 4 is 5.91 Å². The minimum Gasteiger partial charge on any atom is -0.369 e. The van der Waals surface area contributed by atoms with Gasteiger partial charge in [-0.1, -0.05) is 6.07 Å². The van der Waals surface area contributed by atoms with Crippen molar-refractivity contribution in [3.05, 3.63) is 29.6 Å². The van der Waals surface area contributed by atoms with E-state index in [-0.39, 0.29) is 11.8 Å². The molecule has 16 heavy (non-hydrogen) atoms. The number of amides is 1. The molecule has 1 aliphatic rings. The lowest BCUT2D eigenvalue weighted by Crippen LogP contribution is -2.13. The summed E-state index contributed by atoms with van der Waals surface area (Å²) < 4.78 is 36.6. The molecule has 1 heterocycles. The van der Waals surface area contributed by atoms with Crippen molar-refractivity contribution in [2.24, 2.45) is 11.7 Å². The fourth-order valence-corrected chi connectivity index (χ4v) is 1.67. The van der Waals surface area contributed by atoms with E-state index in [4.69, 9.17) is 5.73 Å². The Bertz CT molecular complexity index is 413. The van der Waals surface area contributed by atoms with Gasteiger partial charge in [0.1, 0.15) is 5.69 Å². The van der Waals surface area contributed by atoms with Crippen LogP contribution in [0.5, 0.6) is 0 Å². The van der Waals surface area contributed by atoms with E-state index >= 15 is 0 Å². The van der Waals surface area contributed by atoms with Gasteiger partial charge in [-0.3, -0.25) is 9.78 Å². The number of carbonyl (C=O) groups is 1. The first-order valence-electron chi connectivity index (χ1n) is 4.72. The number of primary amides is 1. The summed E-state index contributed by atoms with van der Waals surface area (Å²) in [7, 11) is 0. The van der Waals surface area contributed by atoms with Gasteiger partial charge in [0.15, 0.2) is 0 Å². The third kappa shape index (κ3) is 2.00. The minimum absolute atomic E-state index is 0.0627. The number of hydrogen-bond donors (Lipinski definition) is 1.